The van der Waals surface area contributed by atoms with Crippen LogP contribution in [-0.2, 0) is 6.54 Å². The smallest absolute Gasteiger partial charge is 0.227 e. The van der Waals surface area contributed by atoms with E-state index in [-0.39, 0.29) is 0 Å². The van der Waals surface area contributed by atoms with Crippen LogP contribution in [0.25, 0.3) is 0 Å². The van der Waals surface area contributed by atoms with Crippen molar-refractivity contribution < 1.29 is 4.74 Å². The van der Waals surface area contributed by atoms with E-state index in [1.807, 2.05) is 36.2 Å². The van der Waals surface area contributed by atoms with Crippen LogP contribution >= 0.6 is 11.6 Å². The molecule has 25 heavy (non-hydrogen) atoms. The number of nitrogens with zero attached hydrogens (tertiary/aromatic N) is 3. The Labute approximate surface area is 152 Å². The summed E-state index contributed by atoms with van der Waals surface area (Å²) in [4.78, 5) is 10.9. The van der Waals surface area contributed by atoms with Gasteiger partial charge in [-0.2, -0.15) is 4.98 Å². The molecule has 0 bridgehead atoms. The van der Waals surface area contributed by atoms with Crippen molar-refractivity contribution in [2.24, 2.45) is 0 Å². The first-order valence-corrected chi connectivity index (χ1v) is 8.22. The molecular weight excluding hydrogens is 336 g/mol. The second-order valence-electron chi connectivity index (χ2n) is 5.55. The predicted octanol–water partition coefficient (Wildman–Crippen LogP) is 4.52. The lowest BCUT2D eigenvalue weighted by Gasteiger charge is -2.18. The summed E-state index contributed by atoms with van der Waals surface area (Å²) in [6.45, 7) is 0.727. The maximum Gasteiger partial charge on any atom is 0.227 e. The van der Waals surface area contributed by atoms with E-state index in [0.717, 1.165) is 12.2 Å². The molecule has 0 atom stereocenters. The SMILES string of the molecule is COc1ccc(Cl)cc1Nc1ccnc(N(C)Cc2ccccc2)n1. The van der Waals surface area contributed by atoms with Gasteiger partial charge in [-0.25, -0.2) is 4.98 Å². The zero-order valence-electron chi connectivity index (χ0n) is 14.1. The normalized spacial score (nSPS) is 10.4. The maximum absolute atomic E-state index is 6.08. The number of aromatic nitrogens is 2. The second kappa shape index (κ2) is 7.85. The van der Waals surface area contributed by atoms with Crippen LogP contribution in [0.3, 0.4) is 0 Å². The maximum atomic E-state index is 6.08. The van der Waals surface area contributed by atoms with E-state index < -0.39 is 0 Å². The molecule has 1 N–H and O–H groups in total. The molecular formula is C19H19ClN4O. The van der Waals surface area contributed by atoms with Gasteiger partial charge in [0.25, 0.3) is 0 Å². The lowest BCUT2D eigenvalue weighted by atomic mass is 10.2. The van der Waals surface area contributed by atoms with E-state index >= 15 is 0 Å². The molecule has 0 unspecified atom stereocenters. The van der Waals surface area contributed by atoms with Crippen LogP contribution in [0.5, 0.6) is 5.75 Å². The molecule has 0 saturated heterocycles. The minimum Gasteiger partial charge on any atom is -0.495 e. The molecule has 0 spiro atoms. The van der Waals surface area contributed by atoms with E-state index in [1.54, 1.807) is 31.5 Å². The molecule has 2 aromatic carbocycles. The summed E-state index contributed by atoms with van der Waals surface area (Å²) in [5.74, 6) is 2.00. The molecule has 1 heterocycles. The second-order valence-corrected chi connectivity index (χ2v) is 5.99. The highest BCUT2D eigenvalue weighted by Crippen LogP contribution is 2.30. The van der Waals surface area contributed by atoms with Crippen LogP contribution < -0.4 is 15.0 Å². The van der Waals surface area contributed by atoms with Crippen molar-refractivity contribution in [3.63, 3.8) is 0 Å². The van der Waals surface area contributed by atoms with Gasteiger partial charge in [0.15, 0.2) is 0 Å². The molecule has 0 aliphatic rings. The summed E-state index contributed by atoms with van der Waals surface area (Å²) < 4.78 is 5.35. The average Bonchev–Trinajstić information content (AvgIpc) is 2.63. The topological polar surface area (TPSA) is 50.3 Å². The summed E-state index contributed by atoms with van der Waals surface area (Å²) in [6.07, 6.45) is 1.73. The fourth-order valence-corrected chi connectivity index (χ4v) is 2.62. The van der Waals surface area contributed by atoms with Gasteiger partial charge in [-0.1, -0.05) is 41.9 Å². The van der Waals surface area contributed by atoms with Crippen molar-refractivity contribution in [1.29, 1.82) is 0 Å². The Kier molecular flexibility index (Phi) is 5.36. The number of nitrogens with one attached hydrogen (secondary N) is 1. The Morgan fingerprint density at radius 1 is 1.12 bits per heavy atom. The van der Waals surface area contributed by atoms with Gasteiger partial charge in [0.2, 0.25) is 5.95 Å². The molecule has 5 nitrogen and oxygen atoms in total. The standard InChI is InChI=1S/C19H19ClN4O/c1-24(13-14-6-4-3-5-7-14)19-21-11-10-18(23-19)22-16-12-15(20)8-9-17(16)25-2/h3-12H,13H2,1-2H3,(H,21,22,23). The molecule has 0 amide bonds. The number of ether oxygens (including phenoxy) is 1. The molecule has 128 valence electrons. The summed E-state index contributed by atoms with van der Waals surface area (Å²) in [7, 11) is 3.58. The molecule has 1 aromatic heterocycles. The van der Waals surface area contributed by atoms with Gasteiger partial charge in [-0.3, -0.25) is 0 Å². The van der Waals surface area contributed by atoms with Gasteiger partial charge in [0.1, 0.15) is 11.6 Å². The van der Waals surface area contributed by atoms with Crippen molar-refractivity contribution in [1.82, 2.24) is 9.97 Å². The number of rotatable bonds is 6. The third-order valence-electron chi connectivity index (χ3n) is 3.67. The van der Waals surface area contributed by atoms with Crippen LogP contribution in [0.2, 0.25) is 5.02 Å². The van der Waals surface area contributed by atoms with E-state index in [1.165, 1.54) is 5.56 Å². The number of halogens is 1. The third-order valence-corrected chi connectivity index (χ3v) is 3.91. The molecule has 0 saturated carbocycles. The Morgan fingerprint density at radius 2 is 1.92 bits per heavy atom. The minimum atomic E-state index is 0.624. The van der Waals surface area contributed by atoms with E-state index in [9.17, 15) is 0 Å². The first-order chi connectivity index (χ1) is 12.2. The van der Waals surface area contributed by atoms with Gasteiger partial charge in [0, 0.05) is 24.8 Å². The molecule has 0 fully saturated rings. The van der Waals surface area contributed by atoms with Gasteiger partial charge in [-0.15, -0.1) is 0 Å². The Morgan fingerprint density at radius 3 is 2.68 bits per heavy atom. The number of hydrogen-bond donors (Lipinski definition) is 1. The van der Waals surface area contributed by atoms with Crippen LogP contribution in [0.15, 0.2) is 60.8 Å². The monoisotopic (exact) mass is 354 g/mol. The Hall–Kier alpha value is -2.79. The predicted molar refractivity (Wildman–Crippen MR) is 102 cm³/mol. The van der Waals surface area contributed by atoms with Crippen LogP contribution in [0, 0.1) is 0 Å². The lowest BCUT2D eigenvalue weighted by Crippen LogP contribution is -2.19. The van der Waals surface area contributed by atoms with Crippen molar-refractivity contribution in [2.75, 3.05) is 24.4 Å². The molecule has 0 aliphatic carbocycles. The zero-order chi connectivity index (χ0) is 17.6. The molecule has 3 rings (SSSR count). The third kappa shape index (κ3) is 4.39. The van der Waals surface area contributed by atoms with Gasteiger partial charge < -0.3 is 15.0 Å². The van der Waals surface area contributed by atoms with E-state index in [2.05, 4.69) is 27.4 Å². The Balaban J connectivity index is 1.79. The summed E-state index contributed by atoms with van der Waals surface area (Å²) >= 11 is 6.08. The fourth-order valence-electron chi connectivity index (χ4n) is 2.45. The van der Waals surface area contributed by atoms with E-state index in [0.29, 0.717) is 22.5 Å². The first kappa shape index (κ1) is 17.0. The molecule has 6 heteroatoms. The highest BCUT2D eigenvalue weighted by atomic mass is 35.5. The largest absolute Gasteiger partial charge is 0.495 e. The van der Waals surface area contributed by atoms with Gasteiger partial charge in [0.05, 0.1) is 12.8 Å². The fraction of sp³-hybridized carbons (Fsp3) is 0.158. The number of benzene rings is 2. The number of anilines is 3. The quantitative estimate of drug-likeness (QED) is 0.705. The minimum absolute atomic E-state index is 0.624. The molecule has 0 aliphatic heterocycles. The number of hydrogen-bond acceptors (Lipinski definition) is 5. The van der Waals surface area contributed by atoms with Gasteiger partial charge in [-0.05, 0) is 29.8 Å². The lowest BCUT2D eigenvalue weighted by molar-refractivity contribution is 0.417. The van der Waals surface area contributed by atoms with Crippen LogP contribution in [0.4, 0.5) is 17.5 Å². The van der Waals surface area contributed by atoms with Crippen molar-refractivity contribution in [3.05, 3.63) is 71.4 Å². The van der Waals surface area contributed by atoms with Crippen LogP contribution in [-0.4, -0.2) is 24.1 Å². The van der Waals surface area contributed by atoms with Gasteiger partial charge >= 0.3 is 0 Å². The highest BCUT2D eigenvalue weighted by Gasteiger charge is 2.09. The highest BCUT2D eigenvalue weighted by molar-refractivity contribution is 6.31. The Bertz CT molecular complexity index is 842. The number of methoxy groups -OCH3 is 1. The zero-order valence-corrected chi connectivity index (χ0v) is 14.9. The van der Waals surface area contributed by atoms with Crippen molar-refractivity contribution in [2.45, 2.75) is 6.54 Å². The average molecular weight is 355 g/mol. The van der Waals surface area contributed by atoms with Crippen LogP contribution in [0.1, 0.15) is 5.56 Å². The molecule has 3 aromatic rings. The summed E-state index contributed by atoms with van der Waals surface area (Å²) in [6, 6.07) is 17.4. The first-order valence-electron chi connectivity index (χ1n) is 7.84. The summed E-state index contributed by atoms with van der Waals surface area (Å²) in [5.41, 5.74) is 1.95. The van der Waals surface area contributed by atoms with Crippen molar-refractivity contribution in [3.8, 4) is 5.75 Å². The van der Waals surface area contributed by atoms with Crippen molar-refractivity contribution >= 4 is 29.1 Å². The summed E-state index contributed by atoms with van der Waals surface area (Å²) in [5, 5.41) is 3.86. The van der Waals surface area contributed by atoms with E-state index in [4.69, 9.17) is 16.3 Å². The molecule has 0 radical (unpaired) electrons.